The average Bonchev–Trinajstić information content (AvgIpc) is 2.14. The minimum Gasteiger partial charge on any atom is -0.479 e. The molecule has 0 amide bonds. The van der Waals surface area contributed by atoms with Crippen LogP contribution in [0.4, 0.5) is 4.39 Å². The molecule has 16 heavy (non-hydrogen) atoms. The third-order valence-electron chi connectivity index (χ3n) is 2.70. The molecular weight excluding hydrogens is 211 g/mol. The molecule has 1 rings (SSSR count). The highest BCUT2D eigenvalue weighted by Crippen LogP contribution is 2.28. The van der Waals surface area contributed by atoms with Crippen LogP contribution in [0.1, 0.15) is 25.0 Å². The van der Waals surface area contributed by atoms with E-state index in [2.05, 4.69) is 0 Å². The zero-order valence-corrected chi connectivity index (χ0v) is 9.49. The summed E-state index contributed by atoms with van der Waals surface area (Å²) in [5, 5.41) is 18.3. The lowest BCUT2D eigenvalue weighted by Crippen LogP contribution is -2.39. The van der Waals surface area contributed by atoms with Crippen molar-refractivity contribution in [3.63, 3.8) is 0 Å². The lowest BCUT2D eigenvalue weighted by Gasteiger charge is -2.28. The van der Waals surface area contributed by atoms with Gasteiger partial charge in [-0.2, -0.15) is 0 Å². The summed E-state index contributed by atoms with van der Waals surface area (Å²) in [6.07, 6.45) is -1.56. The Morgan fingerprint density at radius 3 is 2.38 bits per heavy atom. The first-order valence-electron chi connectivity index (χ1n) is 4.93. The number of carboxylic acids is 1. The topological polar surface area (TPSA) is 57.5 Å². The zero-order valence-electron chi connectivity index (χ0n) is 9.49. The third kappa shape index (κ3) is 2.39. The van der Waals surface area contributed by atoms with Crippen molar-refractivity contribution in [1.82, 2.24) is 0 Å². The lowest BCUT2D eigenvalue weighted by molar-refractivity contribution is -0.150. The van der Waals surface area contributed by atoms with Crippen molar-refractivity contribution in [1.29, 1.82) is 0 Å². The summed E-state index contributed by atoms with van der Waals surface area (Å²) in [6.45, 7) is 4.86. The SMILES string of the molecule is Cc1cc(F)cc(C(C)(C)C(O)C(=O)O)c1. The molecule has 0 aromatic heterocycles. The van der Waals surface area contributed by atoms with Crippen LogP contribution in [0.25, 0.3) is 0 Å². The highest BCUT2D eigenvalue weighted by Gasteiger charge is 2.35. The lowest BCUT2D eigenvalue weighted by atomic mass is 9.79. The van der Waals surface area contributed by atoms with E-state index >= 15 is 0 Å². The number of hydrogen-bond acceptors (Lipinski definition) is 2. The monoisotopic (exact) mass is 226 g/mol. The molecule has 88 valence electrons. The molecule has 0 spiro atoms. The van der Waals surface area contributed by atoms with E-state index in [1.165, 1.54) is 12.1 Å². The molecule has 4 heteroatoms. The Hall–Kier alpha value is -1.42. The molecule has 1 atom stereocenters. The van der Waals surface area contributed by atoms with Gasteiger partial charge >= 0.3 is 5.97 Å². The van der Waals surface area contributed by atoms with Gasteiger partial charge in [0.2, 0.25) is 0 Å². The zero-order chi connectivity index (χ0) is 12.5. The van der Waals surface area contributed by atoms with E-state index in [0.717, 1.165) is 0 Å². The Balaban J connectivity index is 3.20. The standard InChI is InChI=1S/C12H15FO3/c1-7-4-8(6-9(13)5-7)12(2,3)10(14)11(15)16/h4-6,10,14H,1-3H3,(H,15,16). The van der Waals surface area contributed by atoms with Crippen LogP contribution in [0.15, 0.2) is 18.2 Å². The molecule has 3 nitrogen and oxygen atoms in total. The van der Waals surface area contributed by atoms with Crippen LogP contribution in [-0.2, 0) is 10.2 Å². The van der Waals surface area contributed by atoms with Crippen LogP contribution in [0.5, 0.6) is 0 Å². The van der Waals surface area contributed by atoms with Gasteiger partial charge < -0.3 is 10.2 Å². The molecule has 2 N–H and O–H groups in total. The molecule has 0 radical (unpaired) electrons. The maximum atomic E-state index is 13.2. The summed E-state index contributed by atoms with van der Waals surface area (Å²) < 4.78 is 13.2. The van der Waals surface area contributed by atoms with Crippen molar-refractivity contribution >= 4 is 5.97 Å². The van der Waals surface area contributed by atoms with Crippen LogP contribution in [0.3, 0.4) is 0 Å². The summed E-state index contributed by atoms with van der Waals surface area (Å²) in [4.78, 5) is 10.7. The number of aliphatic carboxylic acids is 1. The van der Waals surface area contributed by atoms with Crippen LogP contribution >= 0.6 is 0 Å². The molecule has 0 aliphatic rings. The van der Waals surface area contributed by atoms with E-state index in [1.807, 2.05) is 0 Å². The van der Waals surface area contributed by atoms with Crippen molar-refractivity contribution < 1.29 is 19.4 Å². The largest absolute Gasteiger partial charge is 0.479 e. The van der Waals surface area contributed by atoms with Gasteiger partial charge in [-0.25, -0.2) is 9.18 Å². The number of benzene rings is 1. The second-order valence-corrected chi connectivity index (χ2v) is 4.48. The number of carbonyl (C=O) groups is 1. The van der Waals surface area contributed by atoms with Gasteiger partial charge in [-0.05, 0) is 30.2 Å². The summed E-state index contributed by atoms with van der Waals surface area (Å²) in [5.41, 5.74) is 0.138. The van der Waals surface area contributed by atoms with Crippen LogP contribution in [-0.4, -0.2) is 22.3 Å². The number of halogens is 1. The Kier molecular flexibility index (Phi) is 3.33. The average molecular weight is 226 g/mol. The fraction of sp³-hybridized carbons (Fsp3) is 0.417. The Morgan fingerprint density at radius 1 is 1.38 bits per heavy atom. The van der Waals surface area contributed by atoms with Crippen LogP contribution in [0.2, 0.25) is 0 Å². The van der Waals surface area contributed by atoms with Crippen LogP contribution in [0, 0.1) is 12.7 Å². The molecule has 0 fully saturated rings. The molecule has 0 aliphatic heterocycles. The van der Waals surface area contributed by atoms with E-state index in [1.54, 1.807) is 26.8 Å². The molecule has 0 aliphatic carbocycles. The number of aryl methyl sites for hydroxylation is 1. The smallest absolute Gasteiger partial charge is 0.333 e. The second-order valence-electron chi connectivity index (χ2n) is 4.48. The van der Waals surface area contributed by atoms with Gasteiger partial charge in [-0.1, -0.05) is 19.9 Å². The molecule has 0 bridgehead atoms. The number of carboxylic acid groups (broad SMARTS) is 1. The van der Waals surface area contributed by atoms with E-state index in [9.17, 15) is 14.3 Å². The molecule has 1 aromatic carbocycles. The minimum absolute atomic E-state index is 0.430. The Morgan fingerprint density at radius 2 is 1.94 bits per heavy atom. The van der Waals surface area contributed by atoms with Crippen molar-refractivity contribution in [3.05, 3.63) is 35.1 Å². The number of aliphatic hydroxyl groups excluding tert-OH is 1. The molecule has 0 heterocycles. The van der Waals surface area contributed by atoms with Crippen molar-refractivity contribution in [2.45, 2.75) is 32.3 Å². The fourth-order valence-corrected chi connectivity index (χ4v) is 1.57. The molecule has 0 saturated heterocycles. The predicted molar refractivity (Wildman–Crippen MR) is 57.8 cm³/mol. The summed E-state index contributed by atoms with van der Waals surface area (Å²) in [5.74, 6) is -1.74. The minimum atomic E-state index is -1.56. The van der Waals surface area contributed by atoms with Crippen LogP contribution < -0.4 is 0 Å². The molecule has 1 unspecified atom stereocenters. The van der Waals surface area contributed by atoms with E-state index in [-0.39, 0.29) is 0 Å². The summed E-state index contributed by atoms with van der Waals surface area (Å²) in [7, 11) is 0. The van der Waals surface area contributed by atoms with Crippen molar-refractivity contribution in [3.8, 4) is 0 Å². The third-order valence-corrected chi connectivity index (χ3v) is 2.70. The van der Waals surface area contributed by atoms with Gasteiger partial charge in [0.05, 0.1) is 0 Å². The Bertz CT molecular complexity index is 392. The van der Waals surface area contributed by atoms with Crippen molar-refractivity contribution in [2.75, 3.05) is 0 Å². The van der Waals surface area contributed by atoms with Gasteiger partial charge in [0.25, 0.3) is 0 Å². The first kappa shape index (κ1) is 12.6. The van der Waals surface area contributed by atoms with Gasteiger partial charge in [0.1, 0.15) is 5.82 Å². The normalized spacial score (nSPS) is 13.6. The summed E-state index contributed by atoms with van der Waals surface area (Å²) >= 11 is 0. The van der Waals surface area contributed by atoms with E-state index in [0.29, 0.717) is 11.1 Å². The maximum absolute atomic E-state index is 13.2. The maximum Gasteiger partial charge on any atom is 0.333 e. The first-order chi connectivity index (χ1) is 7.25. The molecule has 0 saturated carbocycles. The molecule has 1 aromatic rings. The molecular formula is C12H15FO3. The quantitative estimate of drug-likeness (QED) is 0.827. The highest BCUT2D eigenvalue weighted by atomic mass is 19.1. The Labute approximate surface area is 93.5 Å². The first-order valence-corrected chi connectivity index (χ1v) is 4.93. The van der Waals surface area contributed by atoms with Gasteiger partial charge in [0.15, 0.2) is 6.10 Å². The highest BCUT2D eigenvalue weighted by molar-refractivity contribution is 5.74. The van der Waals surface area contributed by atoms with E-state index < -0.39 is 23.3 Å². The number of aliphatic hydroxyl groups is 1. The van der Waals surface area contributed by atoms with Gasteiger partial charge in [-0.3, -0.25) is 0 Å². The second kappa shape index (κ2) is 4.22. The van der Waals surface area contributed by atoms with Crippen molar-refractivity contribution in [2.24, 2.45) is 0 Å². The fourth-order valence-electron chi connectivity index (χ4n) is 1.57. The number of rotatable bonds is 3. The number of hydrogen-bond donors (Lipinski definition) is 2. The van der Waals surface area contributed by atoms with Gasteiger partial charge in [-0.15, -0.1) is 0 Å². The van der Waals surface area contributed by atoms with Gasteiger partial charge in [0, 0.05) is 5.41 Å². The predicted octanol–water partition coefficient (Wildman–Crippen LogP) is 1.86. The summed E-state index contributed by atoms with van der Waals surface area (Å²) in [6, 6.07) is 4.28. The van der Waals surface area contributed by atoms with E-state index in [4.69, 9.17) is 5.11 Å².